The number of nitrogens with one attached hydrogen (secondary N) is 1. The van der Waals surface area contributed by atoms with Gasteiger partial charge in [-0.25, -0.2) is 4.79 Å². The third-order valence-electron chi connectivity index (χ3n) is 5.19. The number of carbonyl (C=O) groups is 4. The zero-order valence-electron chi connectivity index (χ0n) is 15.8. The van der Waals surface area contributed by atoms with Crippen LogP contribution in [-0.4, -0.2) is 73.6 Å². The number of nitrogens with zero attached hydrogens (tertiary/aromatic N) is 2. The van der Waals surface area contributed by atoms with Crippen LogP contribution < -0.4 is 5.32 Å². The zero-order valence-corrected chi connectivity index (χ0v) is 15.8. The Morgan fingerprint density at radius 2 is 1.86 bits per heavy atom. The number of urea groups is 1. The molecule has 1 aromatic rings. The van der Waals surface area contributed by atoms with Crippen LogP contribution in [0.2, 0.25) is 0 Å². The minimum atomic E-state index is -0.575. The van der Waals surface area contributed by atoms with Crippen molar-refractivity contribution < 1.29 is 28.7 Å². The van der Waals surface area contributed by atoms with Crippen molar-refractivity contribution in [2.75, 3.05) is 33.9 Å². The largest absolute Gasteiger partial charge is 0.469 e. The van der Waals surface area contributed by atoms with E-state index < -0.39 is 24.0 Å². The van der Waals surface area contributed by atoms with Gasteiger partial charge in [-0.15, -0.1) is 0 Å². The molecule has 2 heterocycles. The Kier molecular flexibility index (Phi) is 5.81. The SMILES string of the molecule is COC(=O)CNC(=O)N1CC(=O)N2[C@@H](C[C@H](C(=O)OC)[C@@H]2c2ccccc2)C1. The van der Waals surface area contributed by atoms with Gasteiger partial charge in [-0.05, 0) is 12.0 Å². The lowest BCUT2D eigenvalue weighted by Crippen LogP contribution is -2.58. The number of hydrogen-bond acceptors (Lipinski definition) is 6. The van der Waals surface area contributed by atoms with Gasteiger partial charge in [0, 0.05) is 6.54 Å². The van der Waals surface area contributed by atoms with E-state index in [0.717, 1.165) is 5.56 Å². The van der Waals surface area contributed by atoms with Crippen LogP contribution in [0.25, 0.3) is 0 Å². The Morgan fingerprint density at radius 3 is 2.50 bits per heavy atom. The normalized spacial score (nSPS) is 23.8. The molecule has 2 fully saturated rings. The Balaban J connectivity index is 1.79. The maximum atomic E-state index is 12.9. The molecule has 9 heteroatoms. The van der Waals surface area contributed by atoms with Gasteiger partial charge < -0.3 is 24.6 Å². The van der Waals surface area contributed by atoms with Crippen LogP contribution in [-0.2, 0) is 23.9 Å². The number of carbonyl (C=O) groups excluding carboxylic acids is 4. The van der Waals surface area contributed by atoms with E-state index in [9.17, 15) is 19.2 Å². The van der Waals surface area contributed by atoms with Crippen molar-refractivity contribution in [3.05, 3.63) is 35.9 Å². The molecule has 0 saturated carbocycles. The summed E-state index contributed by atoms with van der Waals surface area (Å²) in [6, 6.07) is 8.10. The Labute approximate surface area is 162 Å². The highest BCUT2D eigenvalue weighted by molar-refractivity contribution is 5.88. The second kappa shape index (κ2) is 8.28. The lowest BCUT2D eigenvalue weighted by atomic mass is 9.93. The number of methoxy groups -OCH3 is 2. The number of benzene rings is 1. The molecule has 150 valence electrons. The summed E-state index contributed by atoms with van der Waals surface area (Å²) in [6.07, 6.45) is 0.402. The number of amides is 3. The molecule has 3 rings (SSSR count). The van der Waals surface area contributed by atoms with Crippen molar-refractivity contribution in [2.45, 2.75) is 18.5 Å². The molecule has 28 heavy (non-hydrogen) atoms. The van der Waals surface area contributed by atoms with E-state index in [0.29, 0.717) is 6.42 Å². The van der Waals surface area contributed by atoms with E-state index in [-0.39, 0.29) is 37.6 Å². The van der Waals surface area contributed by atoms with Gasteiger partial charge in [-0.3, -0.25) is 14.4 Å². The second-order valence-electron chi connectivity index (χ2n) is 6.79. The van der Waals surface area contributed by atoms with Gasteiger partial charge in [0.05, 0.1) is 32.2 Å². The number of esters is 2. The Morgan fingerprint density at radius 1 is 1.14 bits per heavy atom. The van der Waals surface area contributed by atoms with E-state index in [1.165, 1.54) is 19.1 Å². The van der Waals surface area contributed by atoms with E-state index in [4.69, 9.17) is 4.74 Å². The molecule has 0 bridgehead atoms. The van der Waals surface area contributed by atoms with Crippen LogP contribution in [0.4, 0.5) is 4.79 Å². The fourth-order valence-corrected chi connectivity index (χ4v) is 3.95. The first kappa shape index (κ1) is 19.7. The highest BCUT2D eigenvalue weighted by atomic mass is 16.5. The smallest absolute Gasteiger partial charge is 0.325 e. The van der Waals surface area contributed by atoms with Crippen molar-refractivity contribution >= 4 is 23.9 Å². The molecule has 0 radical (unpaired) electrons. The molecule has 1 N–H and O–H groups in total. The van der Waals surface area contributed by atoms with E-state index in [2.05, 4.69) is 10.1 Å². The summed E-state index contributed by atoms with van der Waals surface area (Å²) in [5, 5.41) is 2.44. The predicted molar refractivity (Wildman–Crippen MR) is 96.9 cm³/mol. The standard InChI is InChI=1S/C19H23N3O6/c1-27-16(24)9-20-19(26)21-10-13-8-14(18(25)28-2)17(22(13)15(23)11-21)12-6-4-3-5-7-12/h3-7,13-14,17H,8-11H2,1-2H3,(H,20,26)/t13-,14-,17-/m0/s1. The molecule has 0 spiro atoms. The summed E-state index contributed by atoms with van der Waals surface area (Å²) in [5.74, 6) is -1.70. The third kappa shape index (κ3) is 3.78. The van der Waals surface area contributed by atoms with Gasteiger partial charge in [0.25, 0.3) is 0 Å². The van der Waals surface area contributed by atoms with Crippen molar-refractivity contribution in [1.29, 1.82) is 0 Å². The zero-order chi connectivity index (χ0) is 20.3. The number of hydrogen-bond donors (Lipinski definition) is 1. The summed E-state index contributed by atoms with van der Waals surface area (Å²) in [7, 11) is 2.56. The molecule has 9 nitrogen and oxygen atoms in total. The molecule has 2 saturated heterocycles. The van der Waals surface area contributed by atoms with Gasteiger partial charge in [0.15, 0.2) is 0 Å². The molecular weight excluding hydrogens is 366 g/mol. The minimum Gasteiger partial charge on any atom is -0.469 e. The van der Waals surface area contributed by atoms with Crippen molar-refractivity contribution in [1.82, 2.24) is 15.1 Å². The topological polar surface area (TPSA) is 105 Å². The fourth-order valence-electron chi connectivity index (χ4n) is 3.95. The van der Waals surface area contributed by atoms with Crippen molar-refractivity contribution in [3.63, 3.8) is 0 Å². The lowest BCUT2D eigenvalue weighted by molar-refractivity contribution is -0.147. The molecule has 3 atom stereocenters. The van der Waals surface area contributed by atoms with Crippen LogP contribution in [0.5, 0.6) is 0 Å². The quantitative estimate of drug-likeness (QED) is 0.744. The van der Waals surface area contributed by atoms with Crippen molar-refractivity contribution in [3.8, 4) is 0 Å². The van der Waals surface area contributed by atoms with Gasteiger partial charge in [-0.1, -0.05) is 30.3 Å². The maximum Gasteiger partial charge on any atom is 0.325 e. The van der Waals surface area contributed by atoms with E-state index >= 15 is 0 Å². The first-order chi connectivity index (χ1) is 13.5. The molecule has 0 aliphatic carbocycles. The summed E-state index contributed by atoms with van der Waals surface area (Å²) in [4.78, 5) is 51.8. The van der Waals surface area contributed by atoms with Gasteiger partial charge >= 0.3 is 18.0 Å². The minimum absolute atomic E-state index is 0.124. The Hall–Kier alpha value is -3.10. The summed E-state index contributed by atoms with van der Waals surface area (Å²) < 4.78 is 9.45. The Bertz CT molecular complexity index is 768. The van der Waals surface area contributed by atoms with Crippen LogP contribution in [0.15, 0.2) is 30.3 Å². The predicted octanol–water partition coefficient (Wildman–Crippen LogP) is 0.316. The lowest BCUT2D eigenvalue weighted by Gasteiger charge is -2.39. The molecule has 3 amide bonds. The highest BCUT2D eigenvalue weighted by Gasteiger charge is 2.51. The van der Waals surface area contributed by atoms with Crippen LogP contribution in [0.1, 0.15) is 18.0 Å². The van der Waals surface area contributed by atoms with Gasteiger partial charge in [0.1, 0.15) is 13.1 Å². The first-order valence-corrected chi connectivity index (χ1v) is 8.99. The van der Waals surface area contributed by atoms with E-state index in [1.54, 1.807) is 4.90 Å². The monoisotopic (exact) mass is 389 g/mol. The molecule has 0 aromatic heterocycles. The molecular formula is C19H23N3O6. The maximum absolute atomic E-state index is 12.9. The number of fused-ring (bicyclic) bond motifs is 1. The van der Waals surface area contributed by atoms with E-state index in [1.807, 2.05) is 30.3 Å². The highest BCUT2D eigenvalue weighted by Crippen LogP contribution is 2.43. The number of rotatable bonds is 4. The molecule has 2 aliphatic rings. The third-order valence-corrected chi connectivity index (χ3v) is 5.19. The van der Waals surface area contributed by atoms with Crippen LogP contribution in [0, 0.1) is 5.92 Å². The first-order valence-electron chi connectivity index (χ1n) is 8.99. The van der Waals surface area contributed by atoms with Crippen LogP contribution >= 0.6 is 0 Å². The number of ether oxygens (including phenoxy) is 2. The summed E-state index contributed by atoms with van der Waals surface area (Å²) >= 11 is 0. The van der Waals surface area contributed by atoms with Gasteiger partial charge in [-0.2, -0.15) is 0 Å². The van der Waals surface area contributed by atoms with Gasteiger partial charge in [0.2, 0.25) is 5.91 Å². The second-order valence-corrected chi connectivity index (χ2v) is 6.79. The molecule has 2 aliphatic heterocycles. The average Bonchev–Trinajstić information content (AvgIpc) is 3.11. The summed E-state index contributed by atoms with van der Waals surface area (Å²) in [6.45, 7) is -0.123. The fraction of sp³-hybridized carbons (Fsp3) is 0.474. The van der Waals surface area contributed by atoms with Crippen molar-refractivity contribution in [2.24, 2.45) is 5.92 Å². The number of piperazine rings is 1. The average molecular weight is 389 g/mol. The van der Waals surface area contributed by atoms with Crippen LogP contribution in [0.3, 0.4) is 0 Å². The molecule has 0 unspecified atom stereocenters. The summed E-state index contributed by atoms with van der Waals surface area (Å²) in [5.41, 5.74) is 0.859. The molecule has 1 aromatic carbocycles.